The second kappa shape index (κ2) is 9.95. The molecule has 0 spiro atoms. The molecule has 198 valence electrons. The van der Waals surface area contributed by atoms with Gasteiger partial charge in [-0.3, -0.25) is 9.35 Å². The highest BCUT2D eigenvalue weighted by Gasteiger charge is 2.17. The van der Waals surface area contributed by atoms with E-state index in [4.69, 9.17) is 4.98 Å². The number of aromatic nitrogens is 4. The first-order chi connectivity index (χ1) is 18.0. The van der Waals surface area contributed by atoms with Gasteiger partial charge in [-0.15, -0.1) is 0 Å². The maximum atomic E-state index is 12.6. The Balaban J connectivity index is 1.67. The molecule has 0 radical (unpaired) electrons. The Labute approximate surface area is 221 Å². The number of imidazole rings is 1. The van der Waals surface area contributed by atoms with Crippen LogP contribution in [0.5, 0.6) is 0 Å². The summed E-state index contributed by atoms with van der Waals surface area (Å²) in [6.45, 7) is 2.65. The van der Waals surface area contributed by atoms with E-state index in [1.54, 1.807) is 42.1 Å². The van der Waals surface area contributed by atoms with Crippen LogP contribution in [0.15, 0.2) is 64.5 Å². The third kappa shape index (κ3) is 4.95. The zero-order valence-corrected chi connectivity index (χ0v) is 22.7. The first-order valence-corrected chi connectivity index (χ1v) is 14.8. The van der Waals surface area contributed by atoms with Crippen molar-refractivity contribution in [2.24, 2.45) is 7.05 Å². The molecule has 38 heavy (non-hydrogen) atoms. The van der Waals surface area contributed by atoms with E-state index in [0.717, 1.165) is 44.5 Å². The third-order valence-corrected chi connectivity index (χ3v) is 8.22. The van der Waals surface area contributed by atoms with Gasteiger partial charge in [0.2, 0.25) is 11.3 Å². The van der Waals surface area contributed by atoms with Crippen molar-refractivity contribution in [3.05, 3.63) is 82.2 Å². The summed E-state index contributed by atoms with van der Waals surface area (Å²) in [4.78, 5) is 20.7. The SMILES string of the molecule is Cc1nc2c(CCNS(=O)O)cc(-c3cn(C)c(=O)c4[nH]ccc34)cc2n1Cc1ccc(S(C)(=O)=O)cc1. The number of rotatable bonds is 8. The van der Waals surface area contributed by atoms with Gasteiger partial charge >= 0.3 is 0 Å². The lowest BCUT2D eigenvalue weighted by molar-refractivity contribution is 0.549. The molecule has 0 saturated heterocycles. The van der Waals surface area contributed by atoms with E-state index in [-0.39, 0.29) is 17.0 Å². The van der Waals surface area contributed by atoms with Crippen LogP contribution < -0.4 is 10.3 Å². The van der Waals surface area contributed by atoms with Crippen molar-refractivity contribution in [3.8, 4) is 11.1 Å². The number of nitrogens with zero attached hydrogens (tertiary/aromatic N) is 3. The maximum Gasteiger partial charge on any atom is 0.274 e. The molecule has 1 unspecified atom stereocenters. The monoisotopic (exact) mass is 553 g/mol. The Morgan fingerprint density at radius 2 is 1.89 bits per heavy atom. The van der Waals surface area contributed by atoms with Crippen molar-refractivity contribution < 1.29 is 17.2 Å². The highest BCUT2D eigenvalue weighted by Crippen LogP contribution is 2.32. The van der Waals surface area contributed by atoms with E-state index in [1.807, 2.05) is 31.3 Å². The van der Waals surface area contributed by atoms with Crippen LogP contribution in [0.2, 0.25) is 0 Å². The van der Waals surface area contributed by atoms with Gasteiger partial charge in [0.05, 0.1) is 15.9 Å². The molecule has 0 amide bonds. The Morgan fingerprint density at radius 1 is 1.16 bits per heavy atom. The molecule has 0 saturated carbocycles. The fourth-order valence-corrected chi connectivity index (χ4v) is 5.66. The van der Waals surface area contributed by atoms with Gasteiger partial charge in [0.15, 0.2) is 9.84 Å². The summed E-state index contributed by atoms with van der Waals surface area (Å²) in [5.41, 5.74) is 5.59. The number of pyridine rings is 1. The molecule has 5 rings (SSSR count). The number of H-pyrrole nitrogens is 1. The molecule has 5 aromatic rings. The normalized spacial score (nSPS) is 12.9. The zero-order valence-electron chi connectivity index (χ0n) is 21.1. The molecule has 10 nitrogen and oxygen atoms in total. The summed E-state index contributed by atoms with van der Waals surface area (Å²) in [5.74, 6) is 0.775. The standard InChI is InChI=1S/C26H27N5O5S2/c1-16-29-24-18(8-11-28-37(33)34)12-19(22-15-30(2)26(32)25-21(22)9-10-27-25)13-23(24)31(16)14-17-4-6-20(7-5-17)38(3,35)36/h4-7,9-10,12-13,15,27-28H,8,11,14H2,1-3H3,(H,33,34). The van der Waals surface area contributed by atoms with Crippen molar-refractivity contribution >= 4 is 43.0 Å². The fraction of sp³-hybridized carbons (Fsp3) is 0.231. The molecular formula is C26H27N5O5S2. The number of benzene rings is 2. The second-order valence-corrected chi connectivity index (χ2v) is 12.1. The molecule has 0 bridgehead atoms. The summed E-state index contributed by atoms with van der Waals surface area (Å²) in [6.07, 6.45) is 5.19. The molecule has 1 atom stereocenters. The molecule has 0 aliphatic rings. The average Bonchev–Trinajstić information content (AvgIpc) is 3.46. The van der Waals surface area contributed by atoms with Crippen molar-refractivity contribution in [1.82, 2.24) is 23.8 Å². The minimum absolute atomic E-state index is 0.122. The summed E-state index contributed by atoms with van der Waals surface area (Å²) in [7, 11) is -1.58. The van der Waals surface area contributed by atoms with Crippen LogP contribution in [0.4, 0.5) is 0 Å². The molecule has 3 aromatic heterocycles. The van der Waals surface area contributed by atoms with Crippen LogP contribution in [-0.2, 0) is 41.1 Å². The van der Waals surface area contributed by atoms with Crippen molar-refractivity contribution in [1.29, 1.82) is 0 Å². The van der Waals surface area contributed by atoms with Crippen LogP contribution in [0.1, 0.15) is 17.0 Å². The smallest absolute Gasteiger partial charge is 0.274 e. The van der Waals surface area contributed by atoms with Gasteiger partial charge in [-0.1, -0.05) is 12.1 Å². The maximum absolute atomic E-state index is 12.6. The third-order valence-electron chi connectivity index (χ3n) is 6.64. The Kier molecular flexibility index (Phi) is 6.82. The molecule has 3 N–H and O–H groups in total. The summed E-state index contributed by atoms with van der Waals surface area (Å²) >= 11 is -2.13. The van der Waals surface area contributed by atoms with Gasteiger partial charge in [-0.25, -0.2) is 22.3 Å². The highest BCUT2D eigenvalue weighted by atomic mass is 32.2. The van der Waals surface area contributed by atoms with E-state index < -0.39 is 21.1 Å². The predicted octanol–water partition coefficient (Wildman–Crippen LogP) is 2.91. The van der Waals surface area contributed by atoms with Gasteiger partial charge in [0.1, 0.15) is 11.3 Å². The van der Waals surface area contributed by atoms with Crippen molar-refractivity contribution in [3.63, 3.8) is 0 Å². The molecule has 0 aliphatic carbocycles. The number of hydrogen-bond acceptors (Lipinski definition) is 5. The largest absolute Gasteiger partial charge is 0.357 e. The van der Waals surface area contributed by atoms with Crippen molar-refractivity contribution in [2.75, 3.05) is 12.8 Å². The van der Waals surface area contributed by atoms with Gasteiger partial charge in [0, 0.05) is 49.7 Å². The summed E-state index contributed by atoms with van der Waals surface area (Å²) in [6, 6.07) is 12.7. The van der Waals surface area contributed by atoms with Crippen LogP contribution in [-0.4, -0.2) is 49.1 Å². The van der Waals surface area contributed by atoms with Crippen LogP contribution >= 0.6 is 0 Å². The molecule has 3 heterocycles. The number of fused-ring (bicyclic) bond motifs is 2. The van der Waals surface area contributed by atoms with Gasteiger partial charge in [0.25, 0.3) is 5.56 Å². The number of hydrogen-bond donors (Lipinski definition) is 3. The fourth-order valence-electron chi connectivity index (χ4n) is 4.75. The van der Waals surface area contributed by atoms with Crippen molar-refractivity contribution in [2.45, 2.75) is 24.8 Å². The lowest BCUT2D eigenvalue weighted by Crippen LogP contribution is -2.19. The summed E-state index contributed by atoms with van der Waals surface area (Å²) < 4.78 is 50.2. The number of nitrogens with one attached hydrogen (secondary N) is 2. The van der Waals surface area contributed by atoms with Gasteiger partial charge < -0.3 is 14.1 Å². The zero-order chi connectivity index (χ0) is 27.2. The Bertz CT molecular complexity index is 1870. The van der Waals surface area contributed by atoms with Crippen LogP contribution in [0.25, 0.3) is 33.1 Å². The molecule has 2 aromatic carbocycles. The topological polar surface area (TPSA) is 139 Å². The number of aromatic amines is 1. The highest BCUT2D eigenvalue weighted by molar-refractivity contribution is 7.90. The van der Waals surface area contributed by atoms with E-state index in [0.29, 0.717) is 18.5 Å². The minimum Gasteiger partial charge on any atom is -0.357 e. The lowest BCUT2D eigenvalue weighted by atomic mass is 9.99. The first kappa shape index (κ1) is 26.0. The average molecular weight is 554 g/mol. The van der Waals surface area contributed by atoms with E-state index >= 15 is 0 Å². The first-order valence-electron chi connectivity index (χ1n) is 11.8. The van der Waals surface area contributed by atoms with E-state index in [2.05, 4.69) is 14.3 Å². The quantitative estimate of drug-likeness (QED) is 0.253. The van der Waals surface area contributed by atoms with Gasteiger partial charge in [-0.05, 0) is 60.4 Å². The number of aryl methyl sites for hydroxylation is 2. The van der Waals surface area contributed by atoms with Crippen LogP contribution in [0, 0.1) is 6.92 Å². The van der Waals surface area contributed by atoms with E-state index in [9.17, 15) is 22.0 Å². The lowest BCUT2D eigenvalue weighted by Gasteiger charge is -2.13. The van der Waals surface area contributed by atoms with E-state index in [1.165, 1.54) is 6.26 Å². The Morgan fingerprint density at radius 3 is 2.58 bits per heavy atom. The minimum atomic E-state index is -3.29. The predicted molar refractivity (Wildman–Crippen MR) is 148 cm³/mol. The summed E-state index contributed by atoms with van der Waals surface area (Å²) in [5, 5.41) is 0.798. The second-order valence-electron chi connectivity index (χ2n) is 9.28. The Hall–Kier alpha value is -3.58. The van der Waals surface area contributed by atoms with Gasteiger partial charge in [-0.2, -0.15) is 0 Å². The number of sulfone groups is 1. The molecule has 0 aliphatic heterocycles. The molecular weight excluding hydrogens is 526 g/mol. The van der Waals surface area contributed by atoms with Crippen LogP contribution in [0.3, 0.4) is 0 Å². The molecule has 12 heteroatoms. The molecule has 0 fully saturated rings.